The molecule has 2 N–H and O–H groups in total. The number of hydrogen-bond donors (Lipinski definition) is 2. The van der Waals surface area contributed by atoms with Crippen molar-refractivity contribution >= 4 is 0 Å². The molecule has 1 aliphatic heterocycles. The van der Waals surface area contributed by atoms with Crippen molar-refractivity contribution in [3.05, 3.63) is 0 Å². The van der Waals surface area contributed by atoms with Crippen LogP contribution in [0.3, 0.4) is 0 Å². The Balaban J connectivity index is 2.83. The van der Waals surface area contributed by atoms with Crippen molar-refractivity contribution in [2.75, 3.05) is 6.54 Å². The Labute approximate surface area is 86.7 Å². The van der Waals surface area contributed by atoms with Crippen molar-refractivity contribution < 1.29 is 10.2 Å². The zero-order valence-corrected chi connectivity index (χ0v) is 9.75. The zero-order valence-electron chi connectivity index (χ0n) is 9.75. The van der Waals surface area contributed by atoms with Crippen molar-refractivity contribution in [2.45, 2.75) is 64.3 Å². The highest BCUT2D eigenvalue weighted by molar-refractivity contribution is 4.95. The Morgan fingerprint density at radius 3 is 2.21 bits per heavy atom. The fraction of sp³-hybridized carbons (Fsp3) is 1.00. The van der Waals surface area contributed by atoms with Crippen molar-refractivity contribution in [3.63, 3.8) is 0 Å². The van der Waals surface area contributed by atoms with Gasteiger partial charge in [0.25, 0.3) is 0 Å². The minimum absolute atomic E-state index is 0.0749. The first-order chi connectivity index (χ1) is 6.28. The average molecular weight is 201 g/mol. The normalized spacial score (nSPS) is 24.2. The van der Waals surface area contributed by atoms with Gasteiger partial charge in [-0.05, 0) is 47.1 Å². The van der Waals surface area contributed by atoms with E-state index in [2.05, 4.69) is 18.7 Å². The second-order valence-electron chi connectivity index (χ2n) is 5.45. The van der Waals surface area contributed by atoms with Gasteiger partial charge in [-0.15, -0.1) is 0 Å². The predicted octanol–water partition coefficient (Wildman–Crippen LogP) is 1.34. The summed E-state index contributed by atoms with van der Waals surface area (Å²) in [5.41, 5.74) is -0.477. The minimum atomic E-state index is -1.28. The summed E-state index contributed by atoms with van der Waals surface area (Å²) in [5, 5.41) is 18.8. The number of piperidine rings is 1. The molecule has 0 atom stereocenters. The fourth-order valence-electron chi connectivity index (χ4n) is 2.47. The van der Waals surface area contributed by atoms with Gasteiger partial charge in [0, 0.05) is 5.54 Å². The van der Waals surface area contributed by atoms with Gasteiger partial charge in [0.15, 0.2) is 6.29 Å². The number of likely N-dealkylation sites (tertiary alicyclic amines) is 1. The largest absolute Gasteiger partial charge is 0.367 e. The van der Waals surface area contributed by atoms with Crippen LogP contribution >= 0.6 is 0 Å². The summed E-state index contributed by atoms with van der Waals surface area (Å²) in [4.78, 5) is 2.22. The topological polar surface area (TPSA) is 43.7 Å². The number of aliphatic hydroxyl groups is 2. The van der Waals surface area contributed by atoms with Crippen LogP contribution in [0.15, 0.2) is 0 Å². The molecule has 1 heterocycles. The van der Waals surface area contributed by atoms with E-state index in [9.17, 15) is 10.2 Å². The SMILES string of the molecule is CC1(C)CCCCN1C(C)(C)C(O)O. The number of hydrogen-bond acceptors (Lipinski definition) is 3. The summed E-state index contributed by atoms with van der Waals surface area (Å²) in [6.07, 6.45) is 2.24. The average Bonchev–Trinajstić information content (AvgIpc) is 2.02. The maximum absolute atomic E-state index is 9.38. The molecule has 0 unspecified atom stereocenters. The second kappa shape index (κ2) is 3.80. The highest BCUT2D eigenvalue weighted by Crippen LogP contribution is 2.34. The lowest BCUT2D eigenvalue weighted by molar-refractivity contribution is -0.167. The molecule has 0 radical (unpaired) electrons. The lowest BCUT2D eigenvalue weighted by Crippen LogP contribution is -2.62. The molecule has 1 aliphatic rings. The van der Waals surface area contributed by atoms with E-state index in [0.717, 1.165) is 19.4 Å². The Bertz CT molecular complexity index is 199. The summed E-state index contributed by atoms with van der Waals surface area (Å²) in [5.74, 6) is 0. The molecule has 14 heavy (non-hydrogen) atoms. The fourth-order valence-corrected chi connectivity index (χ4v) is 2.47. The van der Waals surface area contributed by atoms with Crippen molar-refractivity contribution in [1.82, 2.24) is 4.90 Å². The molecule has 84 valence electrons. The van der Waals surface area contributed by atoms with E-state index in [0.29, 0.717) is 0 Å². The lowest BCUT2D eigenvalue weighted by atomic mass is 9.85. The molecular formula is C11H23NO2. The molecule has 0 aromatic carbocycles. The third-order valence-corrected chi connectivity index (χ3v) is 3.48. The smallest absolute Gasteiger partial charge is 0.169 e. The van der Waals surface area contributed by atoms with Gasteiger partial charge < -0.3 is 10.2 Å². The van der Waals surface area contributed by atoms with Crippen LogP contribution in [0.1, 0.15) is 47.0 Å². The second-order valence-corrected chi connectivity index (χ2v) is 5.45. The van der Waals surface area contributed by atoms with Gasteiger partial charge in [0.2, 0.25) is 0 Å². The maximum Gasteiger partial charge on any atom is 0.169 e. The summed E-state index contributed by atoms with van der Waals surface area (Å²) in [7, 11) is 0. The van der Waals surface area contributed by atoms with E-state index in [-0.39, 0.29) is 5.54 Å². The summed E-state index contributed by atoms with van der Waals surface area (Å²) in [6, 6.07) is 0. The molecule has 0 aliphatic carbocycles. The van der Waals surface area contributed by atoms with Gasteiger partial charge in [0.05, 0.1) is 5.54 Å². The predicted molar refractivity (Wildman–Crippen MR) is 56.9 cm³/mol. The van der Waals surface area contributed by atoms with Crippen LogP contribution in [-0.2, 0) is 0 Å². The van der Waals surface area contributed by atoms with E-state index in [1.165, 1.54) is 6.42 Å². The Morgan fingerprint density at radius 2 is 1.79 bits per heavy atom. The highest BCUT2D eigenvalue weighted by Gasteiger charge is 2.42. The first kappa shape index (κ1) is 12.0. The Kier molecular flexibility index (Phi) is 3.24. The molecule has 0 spiro atoms. The first-order valence-corrected chi connectivity index (χ1v) is 5.42. The quantitative estimate of drug-likeness (QED) is 0.663. The van der Waals surface area contributed by atoms with E-state index in [4.69, 9.17) is 0 Å². The van der Waals surface area contributed by atoms with Crippen LogP contribution in [0.2, 0.25) is 0 Å². The number of nitrogens with zero attached hydrogens (tertiary/aromatic N) is 1. The van der Waals surface area contributed by atoms with Gasteiger partial charge in [-0.25, -0.2) is 0 Å². The lowest BCUT2D eigenvalue weighted by Gasteiger charge is -2.52. The van der Waals surface area contributed by atoms with Gasteiger partial charge in [0.1, 0.15) is 0 Å². The van der Waals surface area contributed by atoms with Crippen LogP contribution in [-0.4, -0.2) is 39.0 Å². The van der Waals surface area contributed by atoms with Gasteiger partial charge in [-0.1, -0.05) is 6.42 Å². The zero-order chi connectivity index (χ0) is 11.0. The Hall–Kier alpha value is -0.120. The van der Waals surface area contributed by atoms with Gasteiger partial charge in [-0.2, -0.15) is 0 Å². The molecular weight excluding hydrogens is 178 g/mol. The van der Waals surface area contributed by atoms with E-state index >= 15 is 0 Å². The number of aliphatic hydroxyl groups excluding tert-OH is 1. The van der Waals surface area contributed by atoms with Crippen molar-refractivity contribution in [2.24, 2.45) is 0 Å². The third kappa shape index (κ3) is 2.10. The first-order valence-electron chi connectivity index (χ1n) is 5.42. The maximum atomic E-state index is 9.38. The molecule has 1 fully saturated rings. The Morgan fingerprint density at radius 1 is 1.21 bits per heavy atom. The van der Waals surface area contributed by atoms with E-state index < -0.39 is 11.8 Å². The molecule has 0 saturated carbocycles. The van der Waals surface area contributed by atoms with Gasteiger partial charge >= 0.3 is 0 Å². The van der Waals surface area contributed by atoms with Crippen molar-refractivity contribution in [1.29, 1.82) is 0 Å². The molecule has 0 aromatic heterocycles. The standard InChI is InChI=1S/C11H23NO2/c1-10(2)7-5-6-8-12(10)11(3,4)9(13)14/h9,13-14H,5-8H2,1-4H3. The van der Waals surface area contributed by atoms with Crippen LogP contribution in [0.25, 0.3) is 0 Å². The monoisotopic (exact) mass is 201 g/mol. The van der Waals surface area contributed by atoms with Crippen LogP contribution in [0, 0.1) is 0 Å². The van der Waals surface area contributed by atoms with E-state index in [1.54, 1.807) is 0 Å². The molecule has 0 bridgehead atoms. The molecule has 3 nitrogen and oxygen atoms in total. The van der Waals surface area contributed by atoms with Crippen LogP contribution in [0.5, 0.6) is 0 Å². The minimum Gasteiger partial charge on any atom is -0.367 e. The third-order valence-electron chi connectivity index (χ3n) is 3.48. The van der Waals surface area contributed by atoms with E-state index in [1.807, 2.05) is 13.8 Å². The van der Waals surface area contributed by atoms with Crippen LogP contribution in [0.4, 0.5) is 0 Å². The molecule has 0 amide bonds. The summed E-state index contributed by atoms with van der Waals surface area (Å²) >= 11 is 0. The molecule has 1 rings (SSSR count). The number of rotatable bonds is 2. The van der Waals surface area contributed by atoms with Crippen molar-refractivity contribution in [3.8, 4) is 0 Å². The summed E-state index contributed by atoms with van der Waals surface area (Å²) < 4.78 is 0. The molecule has 0 aromatic rings. The molecule has 3 heteroatoms. The van der Waals surface area contributed by atoms with Crippen LogP contribution < -0.4 is 0 Å². The van der Waals surface area contributed by atoms with Gasteiger partial charge in [-0.3, -0.25) is 4.90 Å². The highest BCUT2D eigenvalue weighted by atomic mass is 16.5. The molecule has 1 saturated heterocycles. The summed E-state index contributed by atoms with van der Waals surface area (Å²) in [6.45, 7) is 9.10.